The van der Waals surface area contributed by atoms with Crippen LogP contribution in [0.3, 0.4) is 0 Å². The lowest BCUT2D eigenvalue weighted by molar-refractivity contribution is 0.258. The molecule has 1 aromatic heterocycles. The van der Waals surface area contributed by atoms with E-state index >= 15 is 0 Å². The van der Waals surface area contributed by atoms with E-state index in [4.69, 9.17) is 11.6 Å². The monoisotopic (exact) mass is 282 g/mol. The maximum absolute atomic E-state index is 11.9. The molecule has 2 rings (SSSR count). The smallest absolute Gasteiger partial charge is 0.307 e. The molecule has 0 unspecified atom stereocenters. The molecule has 0 saturated heterocycles. The average Bonchev–Trinajstić information content (AvgIpc) is 2.78. The third-order valence-electron chi connectivity index (χ3n) is 2.28. The highest BCUT2D eigenvalue weighted by Crippen LogP contribution is 2.23. The number of nitrogens with zero attached hydrogens (tertiary/aromatic N) is 3. The molecule has 0 bridgehead atoms. The summed E-state index contributed by atoms with van der Waals surface area (Å²) in [6.45, 7) is 1.99. The molecule has 5 nitrogen and oxygen atoms in total. The second-order valence-corrected chi connectivity index (χ2v) is 5.23. The molecule has 0 aliphatic carbocycles. The van der Waals surface area contributed by atoms with Crippen LogP contribution >= 0.6 is 22.9 Å². The Kier molecular flexibility index (Phi) is 3.78. The van der Waals surface area contributed by atoms with Gasteiger partial charge >= 0.3 is 6.03 Å². The molecule has 0 aliphatic rings. The molecule has 0 fully saturated rings. The zero-order valence-corrected chi connectivity index (χ0v) is 11.4. The van der Waals surface area contributed by atoms with Gasteiger partial charge in [0, 0.05) is 12.7 Å². The summed E-state index contributed by atoms with van der Waals surface area (Å²) in [5.41, 5.74) is 1.87. The summed E-state index contributed by atoms with van der Waals surface area (Å²) in [6.07, 6.45) is 0. The Bertz CT molecular complexity index is 554. The van der Waals surface area contributed by atoms with Crippen LogP contribution in [0.4, 0.5) is 15.6 Å². The van der Waals surface area contributed by atoms with Gasteiger partial charge in [-0.25, -0.2) is 4.79 Å². The Morgan fingerprint density at radius 3 is 2.56 bits per heavy atom. The van der Waals surface area contributed by atoms with Crippen LogP contribution in [-0.2, 0) is 0 Å². The van der Waals surface area contributed by atoms with Crippen molar-refractivity contribution in [1.82, 2.24) is 10.2 Å². The molecule has 2 amide bonds. The van der Waals surface area contributed by atoms with Gasteiger partial charge in [-0.3, -0.25) is 4.90 Å². The highest BCUT2D eigenvalue weighted by atomic mass is 35.5. The average molecular weight is 283 g/mol. The van der Waals surface area contributed by atoms with Gasteiger partial charge in [-0.15, -0.1) is 10.2 Å². The summed E-state index contributed by atoms with van der Waals surface area (Å²) in [6, 6.07) is 7.25. The Morgan fingerprint density at radius 2 is 2.00 bits per heavy atom. The van der Waals surface area contributed by atoms with Crippen molar-refractivity contribution in [3.05, 3.63) is 34.3 Å². The molecule has 0 saturated carbocycles. The van der Waals surface area contributed by atoms with Crippen molar-refractivity contribution >= 4 is 39.8 Å². The first-order chi connectivity index (χ1) is 8.56. The first-order valence-electron chi connectivity index (χ1n) is 5.16. The van der Waals surface area contributed by atoms with Crippen molar-refractivity contribution in [2.75, 3.05) is 17.3 Å². The second kappa shape index (κ2) is 5.32. The van der Waals surface area contributed by atoms with Gasteiger partial charge in [0.15, 0.2) is 0 Å². The van der Waals surface area contributed by atoms with E-state index in [2.05, 4.69) is 15.5 Å². The lowest BCUT2D eigenvalue weighted by Crippen LogP contribution is -2.31. The first kappa shape index (κ1) is 12.8. The number of urea groups is 1. The van der Waals surface area contributed by atoms with E-state index in [-0.39, 0.29) is 6.03 Å². The lowest BCUT2D eigenvalue weighted by Gasteiger charge is -2.14. The highest BCUT2D eigenvalue weighted by molar-refractivity contribution is 7.19. The van der Waals surface area contributed by atoms with Gasteiger partial charge < -0.3 is 5.32 Å². The predicted octanol–water partition coefficient (Wildman–Crippen LogP) is 3.17. The summed E-state index contributed by atoms with van der Waals surface area (Å²) < 4.78 is 0.306. The van der Waals surface area contributed by atoms with Crippen LogP contribution in [-0.4, -0.2) is 23.3 Å². The Balaban J connectivity index is 2.05. The zero-order valence-electron chi connectivity index (χ0n) is 9.85. The summed E-state index contributed by atoms with van der Waals surface area (Å²) >= 11 is 6.82. The third-order valence-corrected chi connectivity index (χ3v) is 3.38. The van der Waals surface area contributed by atoms with Crippen LogP contribution in [0.25, 0.3) is 0 Å². The molecular weight excluding hydrogens is 272 g/mol. The van der Waals surface area contributed by atoms with E-state index in [1.54, 1.807) is 7.05 Å². The number of benzene rings is 1. The van der Waals surface area contributed by atoms with Crippen molar-refractivity contribution in [2.24, 2.45) is 0 Å². The highest BCUT2D eigenvalue weighted by Gasteiger charge is 2.15. The Morgan fingerprint density at radius 1 is 1.33 bits per heavy atom. The zero-order chi connectivity index (χ0) is 13.1. The first-order valence-corrected chi connectivity index (χ1v) is 6.36. The maximum atomic E-state index is 11.9. The van der Waals surface area contributed by atoms with E-state index in [1.165, 1.54) is 4.90 Å². The minimum absolute atomic E-state index is 0.285. The van der Waals surface area contributed by atoms with Crippen molar-refractivity contribution in [1.29, 1.82) is 0 Å². The van der Waals surface area contributed by atoms with Gasteiger partial charge in [-0.2, -0.15) is 0 Å². The minimum atomic E-state index is -0.285. The summed E-state index contributed by atoms with van der Waals surface area (Å²) in [7, 11) is 1.61. The second-order valence-electron chi connectivity index (χ2n) is 3.69. The number of rotatable bonds is 2. The standard InChI is InChI=1S/C11H11ClN4OS/c1-7-3-5-8(6-4-7)13-10(17)16(2)11-15-14-9(12)18-11/h3-6H,1-2H3,(H,13,17). The number of amides is 2. The van der Waals surface area contributed by atoms with E-state index in [9.17, 15) is 4.79 Å². The molecule has 1 aromatic carbocycles. The molecule has 1 heterocycles. The number of hydrogen-bond donors (Lipinski definition) is 1. The van der Waals surface area contributed by atoms with Crippen molar-refractivity contribution in [3.63, 3.8) is 0 Å². The Hall–Kier alpha value is -1.66. The fourth-order valence-electron chi connectivity index (χ4n) is 1.26. The fraction of sp³-hybridized carbons (Fsp3) is 0.182. The molecular formula is C11H11ClN4OS. The number of carbonyl (C=O) groups is 1. The molecule has 0 spiro atoms. The molecule has 0 radical (unpaired) electrons. The Labute approximate surface area is 113 Å². The third kappa shape index (κ3) is 2.96. The topological polar surface area (TPSA) is 58.1 Å². The van der Waals surface area contributed by atoms with Crippen molar-refractivity contribution in [3.8, 4) is 0 Å². The largest absolute Gasteiger partial charge is 0.327 e. The quantitative estimate of drug-likeness (QED) is 0.920. The predicted molar refractivity (Wildman–Crippen MR) is 73.5 cm³/mol. The molecule has 2 aromatic rings. The fourth-order valence-corrected chi connectivity index (χ4v) is 2.04. The number of aryl methyl sites for hydroxylation is 1. The lowest BCUT2D eigenvalue weighted by atomic mass is 10.2. The molecule has 18 heavy (non-hydrogen) atoms. The summed E-state index contributed by atoms with van der Waals surface area (Å²) in [5, 5.41) is 10.7. The number of carbonyl (C=O) groups excluding carboxylic acids is 1. The number of halogens is 1. The van der Waals surface area contributed by atoms with E-state index in [0.29, 0.717) is 9.60 Å². The molecule has 1 N–H and O–H groups in total. The van der Waals surface area contributed by atoms with Crippen LogP contribution in [0.2, 0.25) is 4.47 Å². The van der Waals surface area contributed by atoms with E-state index in [1.807, 2.05) is 31.2 Å². The van der Waals surface area contributed by atoms with Gasteiger partial charge in [0.1, 0.15) is 0 Å². The van der Waals surface area contributed by atoms with Crippen LogP contribution in [0.5, 0.6) is 0 Å². The summed E-state index contributed by atoms with van der Waals surface area (Å²) in [5.74, 6) is 0. The van der Waals surface area contributed by atoms with Crippen LogP contribution in [0.1, 0.15) is 5.56 Å². The van der Waals surface area contributed by atoms with E-state index in [0.717, 1.165) is 22.6 Å². The van der Waals surface area contributed by atoms with Crippen molar-refractivity contribution in [2.45, 2.75) is 6.92 Å². The van der Waals surface area contributed by atoms with Crippen LogP contribution in [0, 0.1) is 6.92 Å². The molecule has 0 atom stereocenters. The van der Waals surface area contributed by atoms with Crippen molar-refractivity contribution < 1.29 is 4.79 Å². The van der Waals surface area contributed by atoms with Gasteiger partial charge in [-0.05, 0) is 30.7 Å². The van der Waals surface area contributed by atoms with Gasteiger partial charge in [-0.1, -0.05) is 29.0 Å². The number of nitrogens with one attached hydrogen (secondary N) is 1. The van der Waals surface area contributed by atoms with Gasteiger partial charge in [0.05, 0.1) is 0 Å². The van der Waals surface area contributed by atoms with Crippen LogP contribution < -0.4 is 10.2 Å². The SMILES string of the molecule is Cc1ccc(NC(=O)N(C)c2nnc(Cl)s2)cc1. The minimum Gasteiger partial charge on any atom is -0.307 e. The number of aromatic nitrogens is 2. The maximum Gasteiger partial charge on any atom is 0.327 e. The van der Waals surface area contributed by atoms with Gasteiger partial charge in [0.25, 0.3) is 0 Å². The van der Waals surface area contributed by atoms with Crippen LogP contribution in [0.15, 0.2) is 24.3 Å². The van der Waals surface area contributed by atoms with E-state index < -0.39 is 0 Å². The van der Waals surface area contributed by atoms with Gasteiger partial charge in [0.2, 0.25) is 9.60 Å². The number of anilines is 2. The molecule has 7 heteroatoms. The normalized spacial score (nSPS) is 10.2. The molecule has 0 aliphatic heterocycles. The summed E-state index contributed by atoms with van der Waals surface area (Å²) in [4.78, 5) is 13.3. The molecule has 94 valence electrons. The number of hydrogen-bond acceptors (Lipinski definition) is 4.